The normalized spacial score (nSPS) is 16.2. The molecule has 0 atom stereocenters. The van der Waals surface area contributed by atoms with Crippen LogP contribution in [0.1, 0.15) is 21.6 Å². The van der Waals surface area contributed by atoms with Crippen molar-refractivity contribution >= 4 is 11.7 Å². The molecule has 3 heterocycles. The first-order valence-corrected chi connectivity index (χ1v) is 10.5. The van der Waals surface area contributed by atoms with Gasteiger partial charge in [-0.05, 0) is 36.4 Å². The highest BCUT2D eigenvalue weighted by Crippen LogP contribution is 2.31. The van der Waals surface area contributed by atoms with Gasteiger partial charge in [-0.3, -0.25) is 4.79 Å². The Bertz CT molecular complexity index is 1080. The van der Waals surface area contributed by atoms with E-state index in [1.165, 1.54) is 12.1 Å². The number of fused-ring (bicyclic) bond motifs is 1. The van der Waals surface area contributed by atoms with Crippen molar-refractivity contribution in [1.29, 1.82) is 0 Å². The van der Waals surface area contributed by atoms with Gasteiger partial charge in [0.15, 0.2) is 5.82 Å². The van der Waals surface area contributed by atoms with E-state index in [1.807, 2.05) is 35.2 Å². The van der Waals surface area contributed by atoms with E-state index in [4.69, 9.17) is 14.7 Å². The predicted molar refractivity (Wildman–Crippen MR) is 115 cm³/mol. The first-order valence-electron chi connectivity index (χ1n) is 10.5. The molecule has 0 N–H and O–H groups in total. The number of halogens is 1. The van der Waals surface area contributed by atoms with Gasteiger partial charge in [-0.15, -0.1) is 0 Å². The third-order valence-electron chi connectivity index (χ3n) is 5.76. The van der Waals surface area contributed by atoms with E-state index in [0.717, 1.165) is 35.7 Å². The highest BCUT2D eigenvalue weighted by Gasteiger charge is 2.29. The SMILES string of the molecule is O=C(c1ccccc1)N1CCc2nc(-c3ccc(F)cc3)nc(N3CCOCC3)c2C1. The smallest absolute Gasteiger partial charge is 0.254 e. The van der Waals surface area contributed by atoms with E-state index in [-0.39, 0.29) is 11.7 Å². The minimum atomic E-state index is -0.287. The van der Waals surface area contributed by atoms with Gasteiger partial charge in [0.2, 0.25) is 0 Å². The molecule has 0 spiro atoms. The van der Waals surface area contributed by atoms with Gasteiger partial charge in [0, 0.05) is 42.7 Å². The van der Waals surface area contributed by atoms with E-state index in [0.29, 0.717) is 44.1 Å². The number of carbonyl (C=O) groups excluding carboxylic acids is 1. The van der Waals surface area contributed by atoms with Crippen LogP contribution in [0.2, 0.25) is 0 Å². The summed E-state index contributed by atoms with van der Waals surface area (Å²) in [5.74, 6) is 1.16. The fourth-order valence-corrected chi connectivity index (χ4v) is 4.10. The summed E-state index contributed by atoms with van der Waals surface area (Å²) in [6.07, 6.45) is 0.655. The Labute approximate surface area is 180 Å². The average Bonchev–Trinajstić information content (AvgIpc) is 2.84. The minimum Gasteiger partial charge on any atom is -0.378 e. The van der Waals surface area contributed by atoms with Crippen molar-refractivity contribution in [3.63, 3.8) is 0 Å². The summed E-state index contributed by atoms with van der Waals surface area (Å²) in [7, 11) is 0. The molecule has 158 valence electrons. The maximum Gasteiger partial charge on any atom is 0.254 e. The van der Waals surface area contributed by atoms with Gasteiger partial charge in [0.05, 0.1) is 25.5 Å². The molecule has 1 saturated heterocycles. The van der Waals surface area contributed by atoms with E-state index in [1.54, 1.807) is 12.1 Å². The summed E-state index contributed by atoms with van der Waals surface area (Å²) in [6.45, 7) is 3.81. The number of anilines is 1. The number of rotatable bonds is 3. The first kappa shape index (κ1) is 19.6. The third kappa shape index (κ3) is 4.01. The summed E-state index contributed by atoms with van der Waals surface area (Å²) < 4.78 is 18.9. The van der Waals surface area contributed by atoms with E-state index < -0.39 is 0 Å². The van der Waals surface area contributed by atoms with Crippen molar-refractivity contribution in [1.82, 2.24) is 14.9 Å². The van der Waals surface area contributed by atoms with E-state index in [2.05, 4.69) is 4.90 Å². The fourth-order valence-electron chi connectivity index (χ4n) is 4.10. The lowest BCUT2D eigenvalue weighted by atomic mass is 10.0. The van der Waals surface area contributed by atoms with Crippen LogP contribution in [-0.2, 0) is 17.7 Å². The molecule has 3 aromatic rings. The van der Waals surface area contributed by atoms with Crippen molar-refractivity contribution < 1.29 is 13.9 Å². The van der Waals surface area contributed by atoms with E-state index >= 15 is 0 Å². The molecule has 5 rings (SSSR count). The lowest BCUT2D eigenvalue weighted by Gasteiger charge is -2.34. The van der Waals surface area contributed by atoms with Crippen molar-refractivity contribution in [2.45, 2.75) is 13.0 Å². The zero-order chi connectivity index (χ0) is 21.2. The van der Waals surface area contributed by atoms with Gasteiger partial charge < -0.3 is 14.5 Å². The molecule has 2 aliphatic rings. The van der Waals surface area contributed by atoms with Crippen LogP contribution in [0.5, 0.6) is 0 Å². The molecule has 0 saturated carbocycles. The molecule has 1 amide bonds. The van der Waals surface area contributed by atoms with Crippen molar-refractivity contribution in [3.05, 3.63) is 77.2 Å². The van der Waals surface area contributed by atoms with Crippen LogP contribution in [0.25, 0.3) is 11.4 Å². The van der Waals surface area contributed by atoms with Crippen LogP contribution >= 0.6 is 0 Å². The molecule has 0 bridgehead atoms. The Balaban J connectivity index is 1.52. The second kappa shape index (κ2) is 8.43. The maximum absolute atomic E-state index is 13.4. The third-order valence-corrected chi connectivity index (χ3v) is 5.76. The van der Waals surface area contributed by atoms with Crippen LogP contribution in [0, 0.1) is 5.82 Å². The van der Waals surface area contributed by atoms with Crippen LogP contribution in [-0.4, -0.2) is 53.6 Å². The number of amides is 1. The Kier molecular flexibility index (Phi) is 5.34. The minimum absolute atomic E-state index is 0.0155. The number of ether oxygens (including phenoxy) is 1. The van der Waals surface area contributed by atoms with Gasteiger partial charge >= 0.3 is 0 Å². The van der Waals surface area contributed by atoms with Gasteiger partial charge in [-0.25, -0.2) is 14.4 Å². The first-order chi connectivity index (χ1) is 15.2. The fraction of sp³-hybridized carbons (Fsp3) is 0.292. The molecule has 2 aromatic carbocycles. The average molecular weight is 418 g/mol. The Morgan fingerprint density at radius 2 is 1.68 bits per heavy atom. The Morgan fingerprint density at radius 1 is 0.935 bits per heavy atom. The second-order valence-electron chi connectivity index (χ2n) is 7.75. The summed E-state index contributed by atoms with van der Waals surface area (Å²) in [5, 5.41) is 0. The van der Waals surface area contributed by atoms with E-state index in [9.17, 15) is 9.18 Å². The standard InChI is InChI=1S/C24H23FN4O2/c25-19-8-6-17(7-9-19)22-26-21-10-11-29(24(30)18-4-2-1-3-5-18)16-20(21)23(27-22)28-12-14-31-15-13-28/h1-9H,10-16H2. The monoisotopic (exact) mass is 418 g/mol. The van der Waals surface area contributed by atoms with Crippen molar-refractivity contribution in [3.8, 4) is 11.4 Å². The molecule has 31 heavy (non-hydrogen) atoms. The predicted octanol–water partition coefficient (Wildman–Crippen LogP) is 3.32. The number of hydrogen-bond donors (Lipinski definition) is 0. The van der Waals surface area contributed by atoms with Crippen LogP contribution in [0.4, 0.5) is 10.2 Å². The summed E-state index contributed by atoms with van der Waals surface area (Å²) >= 11 is 0. The van der Waals surface area contributed by atoms with Gasteiger partial charge in [0.1, 0.15) is 11.6 Å². The van der Waals surface area contributed by atoms with Crippen LogP contribution < -0.4 is 4.90 Å². The molecule has 2 aliphatic heterocycles. The molecular weight excluding hydrogens is 395 g/mol. The van der Waals surface area contributed by atoms with Crippen LogP contribution in [0.3, 0.4) is 0 Å². The van der Waals surface area contributed by atoms with Gasteiger partial charge in [-0.2, -0.15) is 0 Å². The van der Waals surface area contributed by atoms with Crippen molar-refractivity contribution in [2.75, 3.05) is 37.7 Å². The summed E-state index contributed by atoms with van der Waals surface area (Å²) in [6, 6.07) is 15.6. The zero-order valence-electron chi connectivity index (χ0n) is 17.1. The summed E-state index contributed by atoms with van der Waals surface area (Å²) in [5.41, 5.74) is 3.40. The molecule has 1 fully saturated rings. The van der Waals surface area contributed by atoms with Crippen molar-refractivity contribution in [2.24, 2.45) is 0 Å². The topological polar surface area (TPSA) is 58.6 Å². The quantitative estimate of drug-likeness (QED) is 0.653. The number of aromatic nitrogens is 2. The molecule has 0 aliphatic carbocycles. The largest absolute Gasteiger partial charge is 0.378 e. The Morgan fingerprint density at radius 3 is 2.42 bits per heavy atom. The zero-order valence-corrected chi connectivity index (χ0v) is 17.1. The molecule has 7 heteroatoms. The van der Waals surface area contributed by atoms with Crippen LogP contribution in [0.15, 0.2) is 54.6 Å². The lowest BCUT2D eigenvalue weighted by Crippen LogP contribution is -2.41. The molecule has 6 nitrogen and oxygen atoms in total. The molecule has 0 unspecified atom stereocenters. The van der Waals surface area contributed by atoms with Gasteiger partial charge in [-0.1, -0.05) is 18.2 Å². The molecular formula is C24H23FN4O2. The highest BCUT2D eigenvalue weighted by atomic mass is 19.1. The lowest BCUT2D eigenvalue weighted by molar-refractivity contribution is 0.0733. The molecule has 0 radical (unpaired) electrons. The Hall–Kier alpha value is -3.32. The number of carbonyl (C=O) groups is 1. The highest BCUT2D eigenvalue weighted by molar-refractivity contribution is 5.94. The second-order valence-corrected chi connectivity index (χ2v) is 7.75. The number of nitrogens with zero attached hydrogens (tertiary/aromatic N) is 4. The van der Waals surface area contributed by atoms with Gasteiger partial charge in [0.25, 0.3) is 5.91 Å². The number of hydrogen-bond acceptors (Lipinski definition) is 5. The summed E-state index contributed by atoms with van der Waals surface area (Å²) in [4.78, 5) is 26.8. The number of morpholine rings is 1. The number of benzene rings is 2. The molecule has 1 aromatic heterocycles. The maximum atomic E-state index is 13.4.